The lowest BCUT2D eigenvalue weighted by atomic mass is 10.2. The summed E-state index contributed by atoms with van der Waals surface area (Å²) < 4.78 is 4.95. The molecule has 0 aliphatic heterocycles. The Morgan fingerprint density at radius 2 is 1.88 bits per heavy atom. The summed E-state index contributed by atoms with van der Waals surface area (Å²) in [4.78, 5) is 23.9. The molecule has 0 saturated heterocycles. The normalized spacial score (nSPS) is 10.4. The number of aryl methyl sites for hydroxylation is 1. The van der Waals surface area contributed by atoms with Gasteiger partial charge in [-0.25, -0.2) is 4.79 Å². The lowest BCUT2D eigenvalue weighted by Gasteiger charge is -2.09. The largest absolute Gasteiger partial charge is 0.462 e. The van der Waals surface area contributed by atoms with E-state index >= 15 is 0 Å². The number of halogens is 1. The molecule has 0 atom stereocenters. The van der Waals surface area contributed by atoms with Gasteiger partial charge in [-0.15, -0.1) is 11.8 Å². The van der Waals surface area contributed by atoms with Crippen molar-refractivity contribution in [1.82, 2.24) is 0 Å². The van der Waals surface area contributed by atoms with E-state index in [1.807, 2.05) is 6.92 Å². The number of esters is 1. The molecule has 6 heteroatoms. The molecule has 25 heavy (non-hydrogen) atoms. The van der Waals surface area contributed by atoms with Crippen LogP contribution < -0.4 is 5.32 Å². The molecule has 2 aromatic rings. The zero-order chi connectivity index (χ0) is 18.2. The maximum Gasteiger partial charge on any atom is 0.339 e. The van der Waals surface area contributed by atoms with E-state index < -0.39 is 5.97 Å². The summed E-state index contributed by atoms with van der Waals surface area (Å²) >= 11 is 7.54. The standard InChI is InChI=1S/C19H20ClNO3S/c1-3-24-19(23)16-10-15(8-9-17(16)20)21-18(22)12-25-11-14-6-4-13(2)5-7-14/h4-10H,3,11-12H2,1-2H3,(H,21,22). The molecule has 0 aliphatic rings. The van der Waals surface area contributed by atoms with Crippen LogP contribution in [0.4, 0.5) is 5.69 Å². The van der Waals surface area contributed by atoms with E-state index in [2.05, 4.69) is 29.6 Å². The molecule has 1 amide bonds. The van der Waals surface area contributed by atoms with Crippen molar-refractivity contribution >= 4 is 40.9 Å². The summed E-state index contributed by atoms with van der Waals surface area (Å²) in [6.07, 6.45) is 0. The first kappa shape index (κ1) is 19.3. The number of carbonyl (C=O) groups excluding carboxylic acids is 2. The third kappa shape index (κ3) is 6.11. The van der Waals surface area contributed by atoms with E-state index in [9.17, 15) is 9.59 Å². The number of ether oxygens (including phenoxy) is 1. The van der Waals surface area contributed by atoms with Crippen molar-refractivity contribution in [3.63, 3.8) is 0 Å². The lowest BCUT2D eigenvalue weighted by molar-refractivity contribution is -0.113. The second-order valence-electron chi connectivity index (χ2n) is 5.44. The molecule has 0 bridgehead atoms. The molecule has 2 aromatic carbocycles. The summed E-state index contributed by atoms with van der Waals surface area (Å²) in [6, 6.07) is 13.0. The fourth-order valence-corrected chi connectivity index (χ4v) is 3.09. The van der Waals surface area contributed by atoms with Crippen LogP contribution in [0.5, 0.6) is 0 Å². The van der Waals surface area contributed by atoms with Gasteiger partial charge < -0.3 is 10.1 Å². The van der Waals surface area contributed by atoms with Crippen molar-refractivity contribution in [2.24, 2.45) is 0 Å². The quantitative estimate of drug-likeness (QED) is 0.711. The van der Waals surface area contributed by atoms with Crippen molar-refractivity contribution in [3.8, 4) is 0 Å². The van der Waals surface area contributed by atoms with Crippen LogP contribution in [0.15, 0.2) is 42.5 Å². The van der Waals surface area contributed by atoms with Gasteiger partial charge in [0.2, 0.25) is 5.91 Å². The van der Waals surface area contributed by atoms with E-state index in [1.165, 1.54) is 29.0 Å². The number of rotatable bonds is 7. The van der Waals surface area contributed by atoms with Crippen LogP contribution >= 0.6 is 23.4 Å². The Hall–Kier alpha value is -1.98. The molecule has 132 valence electrons. The maximum absolute atomic E-state index is 12.1. The highest BCUT2D eigenvalue weighted by Crippen LogP contribution is 2.22. The first-order valence-electron chi connectivity index (χ1n) is 7.89. The molecule has 2 rings (SSSR count). The number of hydrogen-bond acceptors (Lipinski definition) is 4. The van der Waals surface area contributed by atoms with Crippen LogP contribution in [0.25, 0.3) is 0 Å². The summed E-state index contributed by atoms with van der Waals surface area (Å²) in [7, 11) is 0. The Balaban J connectivity index is 1.88. The summed E-state index contributed by atoms with van der Waals surface area (Å²) in [6.45, 7) is 4.03. The van der Waals surface area contributed by atoms with Gasteiger partial charge in [-0.1, -0.05) is 41.4 Å². The Bertz CT molecular complexity index is 747. The molecule has 1 N–H and O–H groups in total. The van der Waals surface area contributed by atoms with Gasteiger partial charge in [0.05, 0.1) is 22.9 Å². The summed E-state index contributed by atoms with van der Waals surface area (Å²) in [5, 5.41) is 3.07. The predicted octanol–water partition coefficient (Wildman–Crippen LogP) is 4.70. The monoisotopic (exact) mass is 377 g/mol. The molecule has 0 unspecified atom stereocenters. The first-order chi connectivity index (χ1) is 12.0. The second-order valence-corrected chi connectivity index (χ2v) is 6.83. The van der Waals surface area contributed by atoms with Crippen molar-refractivity contribution in [2.75, 3.05) is 17.7 Å². The molecular formula is C19H20ClNO3S. The van der Waals surface area contributed by atoms with Gasteiger partial charge in [0.15, 0.2) is 0 Å². The third-order valence-corrected chi connectivity index (χ3v) is 4.70. The van der Waals surface area contributed by atoms with E-state index in [-0.39, 0.29) is 18.1 Å². The van der Waals surface area contributed by atoms with Crippen LogP contribution in [-0.2, 0) is 15.3 Å². The van der Waals surface area contributed by atoms with Crippen molar-refractivity contribution < 1.29 is 14.3 Å². The minimum atomic E-state index is -0.502. The Morgan fingerprint density at radius 3 is 2.56 bits per heavy atom. The van der Waals surface area contributed by atoms with Crippen LogP contribution in [0.3, 0.4) is 0 Å². The summed E-state index contributed by atoms with van der Waals surface area (Å²) in [5.74, 6) is 0.458. The van der Waals surface area contributed by atoms with Gasteiger partial charge in [-0.05, 0) is 37.6 Å². The highest BCUT2D eigenvalue weighted by atomic mass is 35.5. The zero-order valence-electron chi connectivity index (χ0n) is 14.2. The average molecular weight is 378 g/mol. The highest BCUT2D eigenvalue weighted by molar-refractivity contribution is 7.99. The maximum atomic E-state index is 12.1. The number of thioether (sulfide) groups is 1. The Labute approximate surface area is 156 Å². The average Bonchev–Trinajstić information content (AvgIpc) is 2.58. The van der Waals surface area contributed by atoms with Crippen molar-refractivity contribution in [1.29, 1.82) is 0 Å². The molecule has 0 saturated carbocycles. The number of amides is 1. The second kappa shape index (κ2) is 9.49. The minimum Gasteiger partial charge on any atom is -0.462 e. The van der Waals surface area contributed by atoms with Crippen LogP contribution in [0, 0.1) is 6.92 Å². The number of carbonyl (C=O) groups is 2. The lowest BCUT2D eigenvalue weighted by Crippen LogP contribution is -2.15. The van der Waals surface area contributed by atoms with Crippen molar-refractivity contribution in [2.45, 2.75) is 19.6 Å². The van der Waals surface area contributed by atoms with Gasteiger partial charge in [0.1, 0.15) is 0 Å². The molecular weight excluding hydrogens is 358 g/mol. The van der Waals surface area contributed by atoms with E-state index in [0.717, 1.165) is 5.75 Å². The predicted molar refractivity (Wildman–Crippen MR) is 103 cm³/mol. The zero-order valence-corrected chi connectivity index (χ0v) is 15.7. The fraction of sp³-hybridized carbons (Fsp3) is 0.263. The van der Waals surface area contributed by atoms with Gasteiger partial charge >= 0.3 is 5.97 Å². The number of hydrogen-bond donors (Lipinski definition) is 1. The third-order valence-electron chi connectivity index (χ3n) is 3.37. The minimum absolute atomic E-state index is 0.130. The van der Waals surface area contributed by atoms with Crippen LogP contribution in [0.2, 0.25) is 5.02 Å². The molecule has 0 heterocycles. The molecule has 0 aliphatic carbocycles. The Kier molecular flexibility index (Phi) is 7.34. The van der Waals surface area contributed by atoms with Gasteiger partial charge in [0, 0.05) is 11.4 Å². The first-order valence-corrected chi connectivity index (χ1v) is 9.42. The number of anilines is 1. The van der Waals surface area contributed by atoms with Crippen LogP contribution in [0.1, 0.15) is 28.4 Å². The topological polar surface area (TPSA) is 55.4 Å². The van der Waals surface area contributed by atoms with Gasteiger partial charge in [-0.3, -0.25) is 4.79 Å². The molecule has 0 radical (unpaired) electrons. The molecule has 4 nitrogen and oxygen atoms in total. The SMILES string of the molecule is CCOC(=O)c1cc(NC(=O)CSCc2ccc(C)cc2)ccc1Cl. The fourth-order valence-electron chi connectivity index (χ4n) is 2.11. The van der Waals surface area contributed by atoms with Gasteiger partial charge in [-0.2, -0.15) is 0 Å². The summed E-state index contributed by atoms with van der Waals surface area (Å²) in [5.41, 5.74) is 3.16. The van der Waals surface area contributed by atoms with Gasteiger partial charge in [0.25, 0.3) is 0 Å². The number of benzene rings is 2. The molecule has 0 spiro atoms. The van der Waals surface area contributed by atoms with Crippen molar-refractivity contribution in [3.05, 3.63) is 64.2 Å². The molecule has 0 aromatic heterocycles. The van der Waals surface area contributed by atoms with E-state index in [0.29, 0.717) is 16.5 Å². The number of nitrogens with one attached hydrogen (secondary N) is 1. The van der Waals surface area contributed by atoms with E-state index in [1.54, 1.807) is 19.1 Å². The smallest absolute Gasteiger partial charge is 0.339 e. The van der Waals surface area contributed by atoms with Crippen LogP contribution in [-0.4, -0.2) is 24.2 Å². The molecule has 0 fully saturated rings. The van der Waals surface area contributed by atoms with E-state index in [4.69, 9.17) is 16.3 Å². The Morgan fingerprint density at radius 1 is 1.16 bits per heavy atom. The highest BCUT2D eigenvalue weighted by Gasteiger charge is 2.13.